The molecule has 2 unspecified atom stereocenters. The highest BCUT2D eigenvalue weighted by atomic mass is 16.3. The van der Waals surface area contributed by atoms with Crippen molar-refractivity contribution in [2.24, 2.45) is 13.0 Å². The third-order valence-electron chi connectivity index (χ3n) is 3.79. The first-order chi connectivity index (χ1) is 10.2. The number of carbonyl (C=O) groups excluding carboxylic acids is 1. The summed E-state index contributed by atoms with van der Waals surface area (Å²) < 4.78 is 1.86. The number of urea groups is 1. The van der Waals surface area contributed by atoms with E-state index in [0.29, 0.717) is 12.3 Å². The number of nitrogens with zero attached hydrogens (tertiary/aromatic N) is 2. The molecule has 0 fully saturated rings. The van der Waals surface area contributed by atoms with Gasteiger partial charge in [-0.1, -0.05) is 13.8 Å². The van der Waals surface area contributed by atoms with E-state index in [0.717, 1.165) is 17.8 Å². The third kappa shape index (κ3) is 5.67. The smallest absolute Gasteiger partial charge is 0.315 e. The van der Waals surface area contributed by atoms with Crippen LogP contribution >= 0.6 is 0 Å². The van der Waals surface area contributed by atoms with Gasteiger partial charge in [-0.05, 0) is 45.1 Å². The molecule has 0 radical (unpaired) electrons. The molecule has 0 saturated heterocycles. The predicted octanol–water partition coefficient (Wildman–Crippen LogP) is 1.67. The van der Waals surface area contributed by atoms with Crippen molar-refractivity contribution >= 4 is 6.03 Å². The summed E-state index contributed by atoms with van der Waals surface area (Å²) in [5, 5.41) is 19.8. The largest absolute Gasteiger partial charge is 0.391 e. The van der Waals surface area contributed by atoms with Gasteiger partial charge in [0.2, 0.25) is 0 Å². The molecule has 1 heterocycles. The van der Waals surface area contributed by atoms with E-state index in [1.165, 1.54) is 5.56 Å². The van der Waals surface area contributed by atoms with Crippen LogP contribution in [0.3, 0.4) is 0 Å². The number of aryl methyl sites for hydroxylation is 2. The molecule has 6 heteroatoms. The molecule has 0 spiro atoms. The zero-order valence-corrected chi connectivity index (χ0v) is 14.6. The van der Waals surface area contributed by atoms with Gasteiger partial charge in [0, 0.05) is 25.3 Å². The van der Waals surface area contributed by atoms with Crippen LogP contribution in [0.25, 0.3) is 0 Å². The van der Waals surface area contributed by atoms with Crippen molar-refractivity contribution in [1.29, 1.82) is 0 Å². The van der Waals surface area contributed by atoms with Gasteiger partial charge in [0.05, 0.1) is 11.8 Å². The number of aliphatic hydroxyl groups excluding tert-OH is 1. The lowest BCUT2D eigenvalue weighted by Gasteiger charge is -2.17. The number of hydrogen-bond donors (Lipinski definition) is 3. The quantitative estimate of drug-likeness (QED) is 0.717. The van der Waals surface area contributed by atoms with E-state index in [9.17, 15) is 9.90 Å². The van der Waals surface area contributed by atoms with Crippen molar-refractivity contribution in [2.45, 2.75) is 59.6 Å². The highest BCUT2D eigenvalue weighted by Crippen LogP contribution is 2.14. The molecule has 1 aromatic heterocycles. The Labute approximate surface area is 133 Å². The van der Waals surface area contributed by atoms with E-state index < -0.39 is 6.10 Å². The van der Waals surface area contributed by atoms with Crippen LogP contribution in [-0.4, -0.2) is 39.6 Å². The van der Waals surface area contributed by atoms with Crippen LogP contribution in [0.2, 0.25) is 0 Å². The molecule has 1 aromatic rings. The van der Waals surface area contributed by atoms with E-state index in [1.807, 2.05) is 46.3 Å². The minimum atomic E-state index is -0.496. The average molecular weight is 310 g/mol. The fourth-order valence-electron chi connectivity index (χ4n) is 2.58. The SMILES string of the molecule is Cc1nn(C)c(C)c1CC(C)NC(=O)NCC(O)CC(C)C. The first-order valence-corrected chi connectivity index (χ1v) is 7.92. The first kappa shape index (κ1) is 18.5. The fourth-order valence-corrected chi connectivity index (χ4v) is 2.58. The second-order valence-corrected chi connectivity index (χ2v) is 6.52. The summed E-state index contributed by atoms with van der Waals surface area (Å²) >= 11 is 0. The van der Waals surface area contributed by atoms with E-state index >= 15 is 0 Å². The van der Waals surface area contributed by atoms with Crippen molar-refractivity contribution < 1.29 is 9.90 Å². The summed E-state index contributed by atoms with van der Waals surface area (Å²) in [5.74, 6) is 0.412. The maximum Gasteiger partial charge on any atom is 0.315 e. The van der Waals surface area contributed by atoms with Gasteiger partial charge in [-0.2, -0.15) is 5.10 Å². The summed E-state index contributed by atoms with van der Waals surface area (Å²) in [6, 6.07) is -0.238. The third-order valence-corrected chi connectivity index (χ3v) is 3.79. The molecule has 126 valence electrons. The fraction of sp³-hybridized carbons (Fsp3) is 0.750. The number of aliphatic hydroxyl groups is 1. The molecule has 0 bridgehead atoms. The van der Waals surface area contributed by atoms with E-state index in [1.54, 1.807) is 0 Å². The zero-order valence-electron chi connectivity index (χ0n) is 14.6. The molecule has 2 amide bonds. The number of nitrogens with one attached hydrogen (secondary N) is 2. The Hall–Kier alpha value is -1.56. The van der Waals surface area contributed by atoms with Crippen molar-refractivity contribution in [3.8, 4) is 0 Å². The number of aromatic nitrogens is 2. The maximum atomic E-state index is 11.9. The molecule has 0 saturated carbocycles. The Morgan fingerprint density at radius 1 is 1.32 bits per heavy atom. The summed E-state index contributed by atoms with van der Waals surface area (Å²) in [6.45, 7) is 10.4. The molecule has 0 aliphatic carbocycles. The van der Waals surface area contributed by atoms with Crippen molar-refractivity contribution in [3.63, 3.8) is 0 Å². The zero-order chi connectivity index (χ0) is 16.9. The van der Waals surface area contributed by atoms with Crippen LogP contribution < -0.4 is 10.6 Å². The second kappa shape index (κ2) is 8.17. The number of hydrogen-bond acceptors (Lipinski definition) is 3. The summed E-state index contributed by atoms with van der Waals surface area (Å²) in [4.78, 5) is 11.9. The lowest BCUT2D eigenvalue weighted by molar-refractivity contribution is 0.146. The molecule has 0 aliphatic heterocycles. The molecule has 0 aromatic carbocycles. The molecule has 1 rings (SSSR count). The molecular weight excluding hydrogens is 280 g/mol. The van der Waals surface area contributed by atoms with Gasteiger partial charge in [0.1, 0.15) is 0 Å². The Morgan fingerprint density at radius 2 is 1.95 bits per heavy atom. The summed E-state index contributed by atoms with van der Waals surface area (Å²) in [5.41, 5.74) is 3.30. The predicted molar refractivity (Wildman–Crippen MR) is 87.8 cm³/mol. The van der Waals surface area contributed by atoms with Crippen LogP contribution in [0.15, 0.2) is 0 Å². The summed E-state index contributed by atoms with van der Waals surface area (Å²) in [6.07, 6.45) is 0.932. The van der Waals surface area contributed by atoms with Crippen LogP contribution in [-0.2, 0) is 13.5 Å². The van der Waals surface area contributed by atoms with Gasteiger partial charge in [-0.3, -0.25) is 4.68 Å². The van der Waals surface area contributed by atoms with Crippen LogP contribution in [0, 0.1) is 19.8 Å². The highest BCUT2D eigenvalue weighted by Gasteiger charge is 2.15. The number of rotatable bonds is 7. The monoisotopic (exact) mass is 310 g/mol. The molecule has 3 N–H and O–H groups in total. The van der Waals surface area contributed by atoms with Gasteiger partial charge < -0.3 is 15.7 Å². The van der Waals surface area contributed by atoms with Gasteiger partial charge in [0.25, 0.3) is 0 Å². The van der Waals surface area contributed by atoms with Crippen LogP contribution in [0.4, 0.5) is 4.79 Å². The van der Waals surface area contributed by atoms with E-state index in [4.69, 9.17) is 0 Å². The average Bonchev–Trinajstić information content (AvgIpc) is 2.62. The Morgan fingerprint density at radius 3 is 2.45 bits per heavy atom. The molecule has 6 nitrogen and oxygen atoms in total. The van der Waals surface area contributed by atoms with Crippen molar-refractivity contribution in [3.05, 3.63) is 17.0 Å². The van der Waals surface area contributed by atoms with Crippen LogP contribution in [0.1, 0.15) is 44.1 Å². The number of carbonyl (C=O) groups is 1. The topological polar surface area (TPSA) is 79.2 Å². The maximum absolute atomic E-state index is 11.9. The Kier molecular flexibility index (Phi) is 6.87. The van der Waals surface area contributed by atoms with Gasteiger partial charge in [-0.15, -0.1) is 0 Å². The van der Waals surface area contributed by atoms with Gasteiger partial charge >= 0.3 is 6.03 Å². The number of amides is 2. The highest BCUT2D eigenvalue weighted by molar-refractivity contribution is 5.74. The van der Waals surface area contributed by atoms with Crippen LogP contribution in [0.5, 0.6) is 0 Å². The Balaban J connectivity index is 2.41. The van der Waals surface area contributed by atoms with E-state index in [2.05, 4.69) is 15.7 Å². The normalized spacial score (nSPS) is 14.0. The van der Waals surface area contributed by atoms with E-state index in [-0.39, 0.29) is 18.6 Å². The minimum Gasteiger partial charge on any atom is -0.391 e. The Bertz CT molecular complexity index is 497. The lowest BCUT2D eigenvalue weighted by Crippen LogP contribution is -2.44. The standard InChI is InChI=1S/C16H30N4O2/c1-10(2)7-14(21)9-17-16(22)18-11(3)8-15-12(4)19-20(6)13(15)5/h10-11,14,21H,7-9H2,1-6H3,(H2,17,18,22). The molecule has 22 heavy (non-hydrogen) atoms. The van der Waals surface area contributed by atoms with Gasteiger partial charge in [0.15, 0.2) is 0 Å². The molecule has 2 atom stereocenters. The van der Waals surface area contributed by atoms with Crippen molar-refractivity contribution in [1.82, 2.24) is 20.4 Å². The lowest BCUT2D eigenvalue weighted by atomic mass is 10.1. The molecule has 0 aliphatic rings. The molecular formula is C16H30N4O2. The summed E-state index contributed by atoms with van der Waals surface area (Å²) in [7, 11) is 1.92. The first-order valence-electron chi connectivity index (χ1n) is 7.92. The minimum absolute atomic E-state index is 0.00356. The van der Waals surface area contributed by atoms with Crippen molar-refractivity contribution in [2.75, 3.05) is 6.54 Å². The van der Waals surface area contributed by atoms with Gasteiger partial charge in [-0.25, -0.2) is 4.79 Å². The second-order valence-electron chi connectivity index (χ2n) is 6.52.